The van der Waals surface area contributed by atoms with Gasteiger partial charge < -0.3 is 5.11 Å². The summed E-state index contributed by atoms with van der Waals surface area (Å²) in [5, 5.41) is 10.2. The lowest BCUT2D eigenvalue weighted by Gasteiger charge is -2.23. The van der Waals surface area contributed by atoms with Crippen LogP contribution in [-0.4, -0.2) is 5.11 Å². The van der Waals surface area contributed by atoms with Crippen LogP contribution in [0.3, 0.4) is 0 Å². The van der Waals surface area contributed by atoms with Gasteiger partial charge in [-0.3, -0.25) is 0 Å². The van der Waals surface area contributed by atoms with Crippen molar-refractivity contribution in [2.75, 3.05) is 0 Å². The Bertz CT molecular complexity index is 402. The second-order valence-corrected chi connectivity index (χ2v) is 4.30. The molecule has 0 amide bonds. The van der Waals surface area contributed by atoms with Crippen LogP contribution in [0.4, 0.5) is 4.39 Å². The average Bonchev–Trinajstić information content (AvgIpc) is 2.22. The highest BCUT2D eigenvalue weighted by atomic mass is 19.1. The number of benzene rings is 1. The van der Waals surface area contributed by atoms with E-state index in [1.165, 1.54) is 6.07 Å². The predicted molar refractivity (Wildman–Crippen MR) is 63.4 cm³/mol. The summed E-state index contributed by atoms with van der Waals surface area (Å²) in [6, 6.07) is 4.83. The van der Waals surface area contributed by atoms with E-state index in [0.29, 0.717) is 24.0 Å². The lowest BCUT2D eigenvalue weighted by atomic mass is 9.90. The molecule has 1 atom stereocenters. The smallest absolute Gasteiger partial charge is 0.126 e. The van der Waals surface area contributed by atoms with E-state index >= 15 is 0 Å². The van der Waals surface area contributed by atoms with Crippen LogP contribution in [0.2, 0.25) is 0 Å². The number of unbranched alkanes of at least 4 members (excludes halogenated alkanes) is 1. The van der Waals surface area contributed by atoms with Gasteiger partial charge in [0.25, 0.3) is 0 Å². The third-order valence-electron chi connectivity index (χ3n) is 2.78. The van der Waals surface area contributed by atoms with Crippen molar-refractivity contribution in [1.82, 2.24) is 0 Å². The molecule has 0 fully saturated rings. The van der Waals surface area contributed by atoms with Gasteiger partial charge in [-0.1, -0.05) is 12.1 Å². The molecule has 0 aliphatic heterocycles. The summed E-state index contributed by atoms with van der Waals surface area (Å²) in [7, 11) is 0. The summed E-state index contributed by atoms with van der Waals surface area (Å²) in [6.07, 6.45) is 7.05. The molecule has 86 valence electrons. The first-order chi connectivity index (χ1) is 7.47. The van der Waals surface area contributed by atoms with E-state index in [2.05, 4.69) is 5.92 Å². The van der Waals surface area contributed by atoms with E-state index in [-0.39, 0.29) is 5.82 Å². The molecule has 0 radical (unpaired) electrons. The first-order valence-corrected chi connectivity index (χ1v) is 5.40. The summed E-state index contributed by atoms with van der Waals surface area (Å²) in [6.45, 7) is 3.39. The molecule has 0 saturated carbocycles. The van der Waals surface area contributed by atoms with Crippen LogP contribution in [0.1, 0.15) is 37.3 Å². The topological polar surface area (TPSA) is 20.2 Å². The number of hydrogen-bond donors (Lipinski definition) is 1. The Morgan fingerprint density at radius 2 is 2.19 bits per heavy atom. The summed E-state index contributed by atoms with van der Waals surface area (Å²) in [4.78, 5) is 0. The van der Waals surface area contributed by atoms with Crippen molar-refractivity contribution in [2.45, 2.75) is 38.7 Å². The van der Waals surface area contributed by atoms with Crippen molar-refractivity contribution in [3.05, 3.63) is 35.1 Å². The van der Waals surface area contributed by atoms with Gasteiger partial charge in [0.05, 0.1) is 5.60 Å². The van der Waals surface area contributed by atoms with Crippen molar-refractivity contribution in [3.63, 3.8) is 0 Å². The van der Waals surface area contributed by atoms with E-state index in [9.17, 15) is 9.50 Å². The molecule has 0 saturated heterocycles. The minimum atomic E-state index is -1.01. The molecule has 2 heteroatoms. The molecule has 1 rings (SSSR count). The van der Waals surface area contributed by atoms with Gasteiger partial charge >= 0.3 is 0 Å². The van der Waals surface area contributed by atoms with Gasteiger partial charge in [-0.15, -0.1) is 12.3 Å². The van der Waals surface area contributed by atoms with Gasteiger partial charge in [-0.05, 0) is 43.9 Å². The fourth-order valence-corrected chi connectivity index (χ4v) is 1.61. The molecule has 0 aliphatic rings. The molecule has 0 bridgehead atoms. The fraction of sp³-hybridized carbons (Fsp3) is 0.429. The zero-order valence-electron chi connectivity index (χ0n) is 9.76. The summed E-state index contributed by atoms with van der Waals surface area (Å²) < 4.78 is 13.4. The second kappa shape index (κ2) is 5.14. The highest BCUT2D eigenvalue weighted by Gasteiger charge is 2.22. The fourth-order valence-electron chi connectivity index (χ4n) is 1.61. The average molecular weight is 220 g/mol. The van der Waals surface area contributed by atoms with Crippen LogP contribution in [-0.2, 0) is 5.60 Å². The van der Waals surface area contributed by atoms with Gasteiger partial charge in [-0.25, -0.2) is 4.39 Å². The van der Waals surface area contributed by atoms with E-state index in [1.807, 2.05) is 0 Å². The molecule has 1 aromatic rings. The Kier molecular flexibility index (Phi) is 4.09. The predicted octanol–water partition coefficient (Wildman–Crippen LogP) is 3.15. The molecule has 1 N–H and O–H groups in total. The normalized spacial score (nSPS) is 14.2. The summed E-state index contributed by atoms with van der Waals surface area (Å²) in [5.41, 5.74) is 0.182. The van der Waals surface area contributed by atoms with Crippen LogP contribution in [0.5, 0.6) is 0 Å². The van der Waals surface area contributed by atoms with Crippen LogP contribution in [0.15, 0.2) is 18.2 Å². The zero-order valence-corrected chi connectivity index (χ0v) is 9.76. The molecule has 1 unspecified atom stereocenters. The molecule has 0 aromatic heterocycles. The Balaban J connectivity index is 2.81. The van der Waals surface area contributed by atoms with Crippen molar-refractivity contribution in [1.29, 1.82) is 0 Å². The highest BCUT2D eigenvalue weighted by molar-refractivity contribution is 5.27. The molecule has 0 heterocycles. The largest absolute Gasteiger partial charge is 0.385 e. The Morgan fingerprint density at radius 1 is 1.50 bits per heavy atom. The van der Waals surface area contributed by atoms with Gasteiger partial charge in [0.1, 0.15) is 5.82 Å². The van der Waals surface area contributed by atoms with E-state index in [0.717, 1.165) is 6.42 Å². The third-order valence-corrected chi connectivity index (χ3v) is 2.78. The number of rotatable bonds is 4. The minimum Gasteiger partial charge on any atom is -0.385 e. The van der Waals surface area contributed by atoms with Crippen molar-refractivity contribution < 1.29 is 9.50 Å². The maximum absolute atomic E-state index is 13.4. The Morgan fingerprint density at radius 3 is 2.75 bits per heavy atom. The van der Waals surface area contributed by atoms with E-state index in [4.69, 9.17) is 6.42 Å². The standard InChI is InChI=1S/C14H17FO/c1-4-5-6-9-14(3,16)12-8-7-11(2)13(15)10-12/h1,7-8,10,16H,5-6,9H2,2-3H3. The lowest BCUT2D eigenvalue weighted by Crippen LogP contribution is -2.21. The number of hydrogen-bond acceptors (Lipinski definition) is 1. The van der Waals surface area contributed by atoms with Gasteiger partial charge in [0.2, 0.25) is 0 Å². The zero-order chi connectivity index (χ0) is 12.2. The lowest BCUT2D eigenvalue weighted by molar-refractivity contribution is 0.0457. The van der Waals surface area contributed by atoms with E-state index < -0.39 is 5.60 Å². The highest BCUT2D eigenvalue weighted by Crippen LogP contribution is 2.27. The molecule has 16 heavy (non-hydrogen) atoms. The molecular weight excluding hydrogens is 203 g/mol. The van der Waals surface area contributed by atoms with Crippen molar-refractivity contribution >= 4 is 0 Å². The molecular formula is C14H17FO. The maximum atomic E-state index is 13.4. The summed E-state index contributed by atoms with van der Waals surface area (Å²) >= 11 is 0. The monoisotopic (exact) mass is 220 g/mol. The molecule has 0 aliphatic carbocycles. The van der Waals surface area contributed by atoms with Gasteiger partial charge in [0, 0.05) is 6.42 Å². The first-order valence-electron chi connectivity index (χ1n) is 5.40. The van der Waals surface area contributed by atoms with Crippen molar-refractivity contribution in [3.8, 4) is 12.3 Å². The first kappa shape index (κ1) is 12.7. The summed E-state index contributed by atoms with van der Waals surface area (Å²) in [5.74, 6) is 2.24. The quantitative estimate of drug-likeness (QED) is 0.610. The Hall–Kier alpha value is -1.33. The molecule has 0 spiro atoms. The second-order valence-electron chi connectivity index (χ2n) is 4.30. The number of aryl methyl sites for hydroxylation is 1. The van der Waals surface area contributed by atoms with Gasteiger partial charge in [0.15, 0.2) is 0 Å². The third kappa shape index (κ3) is 3.08. The van der Waals surface area contributed by atoms with Crippen LogP contribution < -0.4 is 0 Å². The van der Waals surface area contributed by atoms with Crippen molar-refractivity contribution in [2.24, 2.45) is 0 Å². The molecule has 1 aromatic carbocycles. The molecule has 1 nitrogen and oxygen atoms in total. The van der Waals surface area contributed by atoms with Crippen LogP contribution in [0.25, 0.3) is 0 Å². The maximum Gasteiger partial charge on any atom is 0.126 e. The van der Waals surface area contributed by atoms with Crippen LogP contribution in [0, 0.1) is 25.1 Å². The van der Waals surface area contributed by atoms with Gasteiger partial charge in [-0.2, -0.15) is 0 Å². The number of aliphatic hydroxyl groups is 1. The number of halogens is 1. The Labute approximate surface area is 96.3 Å². The number of terminal acetylenes is 1. The van der Waals surface area contributed by atoms with Crippen LogP contribution >= 0.6 is 0 Å². The minimum absolute atomic E-state index is 0.283. The van der Waals surface area contributed by atoms with E-state index in [1.54, 1.807) is 26.0 Å². The SMILES string of the molecule is C#CCCCC(C)(O)c1ccc(C)c(F)c1.